The molecule has 0 fully saturated rings. The summed E-state index contributed by atoms with van der Waals surface area (Å²) in [5.41, 5.74) is 0.786. The first kappa shape index (κ1) is 20.5. The van der Waals surface area contributed by atoms with E-state index < -0.39 is 23.2 Å². The van der Waals surface area contributed by atoms with Gasteiger partial charge in [0, 0.05) is 0 Å². The minimum atomic E-state index is -0.709. The summed E-state index contributed by atoms with van der Waals surface area (Å²) in [5, 5.41) is 0. The van der Waals surface area contributed by atoms with E-state index in [9.17, 15) is 13.6 Å². The second-order valence-electron chi connectivity index (χ2n) is 7.26. The van der Waals surface area contributed by atoms with E-state index >= 15 is 0 Å². The highest BCUT2D eigenvalue weighted by Gasteiger charge is 2.19. The number of hydrogen-bond acceptors (Lipinski definition) is 3. The van der Waals surface area contributed by atoms with Crippen LogP contribution in [0.4, 0.5) is 8.78 Å². The lowest BCUT2D eigenvalue weighted by Crippen LogP contribution is -2.27. The van der Waals surface area contributed by atoms with Crippen molar-refractivity contribution < 1.29 is 23.0 Å². The van der Waals surface area contributed by atoms with Crippen molar-refractivity contribution in [1.29, 1.82) is 0 Å². The van der Waals surface area contributed by atoms with E-state index in [-0.39, 0.29) is 11.5 Å². The van der Waals surface area contributed by atoms with Crippen molar-refractivity contribution in [2.24, 2.45) is 0 Å². The highest BCUT2D eigenvalue weighted by atomic mass is 19.1. The van der Waals surface area contributed by atoms with Crippen molar-refractivity contribution >= 4 is 5.97 Å². The zero-order valence-electron chi connectivity index (χ0n) is 16.5. The third-order valence-electron chi connectivity index (χ3n) is 4.65. The zero-order chi connectivity index (χ0) is 21.0. The number of benzene rings is 3. The summed E-state index contributed by atoms with van der Waals surface area (Å²) in [7, 11) is 0. The maximum Gasteiger partial charge on any atom is 0.343 e. The molecule has 0 aromatic heterocycles. The molecule has 0 heterocycles. The van der Waals surface area contributed by atoms with Gasteiger partial charge in [0.15, 0.2) is 23.1 Å². The molecule has 0 saturated carbocycles. The van der Waals surface area contributed by atoms with Gasteiger partial charge in [0.1, 0.15) is 5.60 Å². The van der Waals surface area contributed by atoms with Gasteiger partial charge in [-0.15, -0.1) is 0 Å². The molecule has 0 aliphatic rings. The van der Waals surface area contributed by atoms with Crippen molar-refractivity contribution in [2.75, 3.05) is 0 Å². The number of ether oxygens (including phenoxy) is 2. The standard InChI is InChI=1S/C24H22F2O3/c1-4-24(2,3)29-22-13-11-18(15-20(22)26)17-10-12-21(19(25)14-17)28-23(27)16-8-6-5-7-9-16/h5-15H,4H2,1-3H3. The molecule has 3 rings (SSSR count). The van der Waals surface area contributed by atoms with Crippen LogP contribution in [-0.2, 0) is 0 Å². The van der Waals surface area contributed by atoms with Crippen LogP contribution in [0.25, 0.3) is 11.1 Å². The maximum absolute atomic E-state index is 14.5. The first-order valence-corrected chi connectivity index (χ1v) is 9.35. The smallest absolute Gasteiger partial charge is 0.343 e. The van der Waals surface area contributed by atoms with Gasteiger partial charge in [-0.2, -0.15) is 0 Å². The molecule has 0 aliphatic carbocycles. The van der Waals surface area contributed by atoms with E-state index in [0.717, 1.165) is 6.42 Å². The van der Waals surface area contributed by atoms with Crippen molar-refractivity contribution in [3.8, 4) is 22.6 Å². The minimum absolute atomic E-state index is 0.148. The fourth-order valence-corrected chi connectivity index (χ4v) is 2.63. The highest BCUT2D eigenvalue weighted by Crippen LogP contribution is 2.31. The SMILES string of the molecule is CCC(C)(C)Oc1ccc(-c2ccc(OC(=O)c3ccccc3)c(F)c2)cc1F. The molecule has 29 heavy (non-hydrogen) atoms. The van der Waals surface area contributed by atoms with Crippen molar-refractivity contribution in [3.63, 3.8) is 0 Å². The quantitative estimate of drug-likeness (QED) is 0.356. The minimum Gasteiger partial charge on any atom is -0.485 e. The number of carbonyl (C=O) groups excluding carboxylic acids is 1. The van der Waals surface area contributed by atoms with E-state index in [1.54, 1.807) is 42.5 Å². The molecule has 0 bridgehead atoms. The first-order valence-electron chi connectivity index (χ1n) is 9.35. The number of hydrogen-bond donors (Lipinski definition) is 0. The molecule has 0 unspecified atom stereocenters. The molecule has 3 aromatic carbocycles. The van der Waals surface area contributed by atoms with Gasteiger partial charge < -0.3 is 9.47 Å². The Balaban J connectivity index is 1.79. The summed E-state index contributed by atoms with van der Waals surface area (Å²) >= 11 is 0. The third kappa shape index (κ3) is 4.99. The third-order valence-corrected chi connectivity index (χ3v) is 4.65. The average molecular weight is 396 g/mol. The van der Waals surface area contributed by atoms with Crippen LogP contribution in [-0.4, -0.2) is 11.6 Å². The topological polar surface area (TPSA) is 35.5 Å². The molecule has 0 saturated heterocycles. The summed E-state index contributed by atoms with van der Waals surface area (Å²) in [6.07, 6.45) is 0.725. The van der Waals surface area contributed by atoms with Gasteiger partial charge in [-0.05, 0) is 67.8 Å². The molecular formula is C24H22F2O3. The fourth-order valence-electron chi connectivity index (χ4n) is 2.63. The Kier molecular flexibility index (Phi) is 5.97. The number of esters is 1. The summed E-state index contributed by atoms with van der Waals surface area (Å²) in [5.74, 6) is -1.92. The predicted molar refractivity (Wildman–Crippen MR) is 108 cm³/mol. The lowest BCUT2D eigenvalue weighted by molar-refractivity contribution is 0.0727. The van der Waals surface area contributed by atoms with Gasteiger partial charge in [-0.25, -0.2) is 13.6 Å². The Morgan fingerprint density at radius 1 is 0.862 bits per heavy atom. The van der Waals surface area contributed by atoms with Gasteiger partial charge in [0.25, 0.3) is 0 Å². The largest absolute Gasteiger partial charge is 0.485 e. The van der Waals surface area contributed by atoms with Crippen LogP contribution in [0, 0.1) is 11.6 Å². The molecule has 3 aromatic rings. The van der Waals surface area contributed by atoms with E-state index in [4.69, 9.17) is 9.47 Å². The Hall–Kier alpha value is -3.21. The van der Waals surface area contributed by atoms with Crippen LogP contribution in [0.3, 0.4) is 0 Å². The lowest BCUT2D eigenvalue weighted by Gasteiger charge is -2.25. The maximum atomic E-state index is 14.5. The zero-order valence-corrected chi connectivity index (χ0v) is 16.5. The van der Waals surface area contributed by atoms with E-state index in [1.165, 1.54) is 24.3 Å². The van der Waals surface area contributed by atoms with Crippen LogP contribution in [0.15, 0.2) is 66.7 Å². The summed E-state index contributed by atoms with van der Waals surface area (Å²) in [6, 6.07) is 16.9. The average Bonchev–Trinajstić information content (AvgIpc) is 2.71. The summed E-state index contributed by atoms with van der Waals surface area (Å²) in [4.78, 5) is 12.1. The monoisotopic (exact) mass is 396 g/mol. The molecule has 0 N–H and O–H groups in total. The van der Waals surface area contributed by atoms with E-state index in [2.05, 4.69) is 0 Å². The van der Waals surface area contributed by atoms with E-state index in [1.807, 2.05) is 20.8 Å². The normalized spacial score (nSPS) is 11.2. The second kappa shape index (κ2) is 8.43. The van der Waals surface area contributed by atoms with Gasteiger partial charge in [-0.1, -0.05) is 37.3 Å². The van der Waals surface area contributed by atoms with E-state index in [0.29, 0.717) is 16.7 Å². The second-order valence-corrected chi connectivity index (χ2v) is 7.26. The van der Waals surface area contributed by atoms with Gasteiger partial charge >= 0.3 is 5.97 Å². The van der Waals surface area contributed by atoms with Crippen molar-refractivity contribution in [3.05, 3.63) is 83.9 Å². The van der Waals surface area contributed by atoms with Crippen molar-refractivity contribution in [1.82, 2.24) is 0 Å². The molecule has 5 heteroatoms. The Labute approximate surface area is 168 Å². The summed E-state index contributed by atoms with van der Waals surface area (Å²) < 4.78 is 39.7. The summed E-state index contributed by atoms with van der Waals surface area (Å²) in [6.45, 7) is 5.72. The molecule has 0 radical (unpaired) electrons. The number of halogens is 2. The highest BCUT2D eigenvalue weighted by molar-refractivity contribution is 5.91. The molecule has 150 valence electrons. The van der Waals surface area contributed by atoms with Crippen molar-refractivity contribution in [2.45, 2.75) is 32.8 Å². The fraction of sp³-hybridized carbons (Fsp3) is 0.208. The molecule has 0 aliphatic heterocycles. The Morgan fingerprint density at radius 3 is 1.93 bits per heavy atom. The van der Waals surface area contributed by atoms with Gasteiger partial charge in [0.2, 0.25) is 0 Å². The van der Waals surface area contributed by atoms with Gasteiger partial charge in [0.05, 0.1) is 5.56 Å². The first-order chi connectivity index (χ1) is 13.8. The molecule has 0 spiro atoms. The molecule has 0 amide bonds. The Bertz CT molecular complexity index is 1010. The van der Waals surface area contributed by atoms with Crippen LogP contribution < -0.4 is 9.47 Å². The molecule has 3 nitrogen and oxygen atoms in total. The molecule has 0 atom stereocenters. The van der Waals surface area contributed by atoms with Crippen LogP contribution in [0.2, 0.25) is 0 Å². The van der Waals surface area contributed by atoms with Gasteiger partial charge in [-0.3, -0.25) is 0 Å². The number of carbonyl (C=O) groups is 1. The van der Waals surface area contributed by atoms with Crippen LogP contribution in [0.1, 0.15) is 37.6 Å². The number of rotatable bonds is 6. The Morgan fingerprint density at radius 2 is 1.41 bits per heavy atom. The predicted octanol–water partition coefficient (Wildman–Crippen LogP) is 6.42. The molecular weight excluding hydrogens is 374 g/mol. The van der Waals surface area contributed by atoms with Crippen LogP contribution >= 0.6 is 0 Å². The lowest BCUT2D eigenvalue weighted by atomic mass is 10.0. The van der Waals surface area contributed by atoms with Crippen LogP contribution in [0.5, 0.6) is 11.5 Å².